The van der Waals surface area contributed by atoms with Crippen molar-refractivity contribution < 1.29 is 54.3 Å². The summed E-state index contributed by atoms with van der Waals surface area (Å²) < 4.78 is 66.0. The number of aromatic nitrogens is 2. The van der Waals surface area contributed by atoms with E-state index in [1.165, 1.54) is 24.3 Å². The molecular formula is C50H48N6O10S2. The van der Waals surface area contributed by atoms with Crippen molar-refractivity contribution in [3.63, 3.8) is 0 Å². The zero-order valence-corrected chi connectivity index (χ0v) is 39.4. The number of aryl methyl sites for hydroxylation is 6. The molecule has 0 saturated heterocycles. The van der Waals surface area contributed by atoms with Crippen LogP contribution in [0.1, 0.15) is 63.7 Å². The molecule has 7 rings (SSSR count). The van der Waals surface area contributed by atoms with Crippen LogP contribution in [0.25, 0.3) is 0 Å². The van der Waals surface area contributed by atoms with Crippen LogP contribution in [-0.2, 0) is 34.3 Å². The van der Waals surface area contributed by atoms with Crippen LogP contribution in [0.2, 0.25) is 0 Å². The number of anilines is 4. The van der Waals surface area contributed by atoms with Crippen molar-refractivity contribution >= 4 is 66.6 Å². The van der Waals surface area contributed by atoms with Crippen LogP contribution in [-0.4, -0.2) is 49.6 Å². The molecule has 0 bridgehead atoms. The van der Waals surface area contributed by atoms with Gasteiger partial charge < -0.3 is 30.4 Å². The molecule has 7 aromatic rings. The van der Waals surface area contributed by atoms with Crippen LogP contribution in [0.3, 0.4) is 0 Å². The summed E-state index contributed by atoms with van der Waals surface area (Å²) in [4.78, 5) is 51.2. The maximum absolute atomic E-state index is 13.1. The van der Waals surface area contributed by atoms with Gasteiger partial charge in [0.05, 0.1) is 9.79 Å². The number of hydrogen-bond acceptors (Lipinski definition) is 10. The van der Waals surface area contributed by atoms with Gasteiger partial charge in [-0.2, -0.15) is 0 Å². The Labute approximate surface area is 394 Å². The number of carbonyl (C=O) groups excluding carboxylic acids is 4. The van der Waals surface area contributed by atoms with E-state index in [9.17, 15) is 45.1 Å². The lowest BCUT2D eigenvalue weighted by molar-refractivity contribution is -0.670. The quantitative estimate of drug-likeness (QED) is 0.0830. The van der Waals surface area contributed by atoms with Gasteiger partial charge in [0, 0.05) is 45.8 Å². The zero-order valence-electron chi connectivity index (χ0n) is 37.8. The Bertz CT molecular complexity index is 2970. The monoisotopic (exact) mass is 956 g/mol. The van der Waals surface area contributed by atoms with Crippen molar-refractivity contribution in [2.24, 2.45) is 14.1 Å². The average Bonchev–Trinajstić information content (AvgIpc) is 3.27. The number of rotatable bonds is 10. The van der Waals surface area contributed by atoms with Crippen molar-refractivity contribution in [3.05, 3.63) is 203 Å². The minimum absolute atomic E-state index is 0.178. The third-order valence-electron chi connectivity index (χ3n) is 9.89. The van der Waals surface area contributed by atoms with Gasteiger partial charge in [0.15, 0.2) is 24.8 Å². The average molecular weight is 957 g/mol. The van der Waals surface area contributed by atoms with Crippen LogP contribution >= 0.6 is 0 Å². The maximum atomic E-state index is 13.1. The van der Waals surface area contributed by atoms with Gasteiger partial charge in [0.25, 0.3) is 23.6 Å². The lowest BCUT2D eigenvalue weighted by Gasteiger charge is -2.13. The molecule has 4 N–H and O–H groups in total. The number of hydrogen-bond donors (Lipinski definition) is 4. The number of amides is 4. The smallest absolute Gasteiger partial charge is 0.255 e. The fraction of sp³-hybridized carbons (Fsp3) is 0.120. The molecule has 2 aromatic heterocycles. The van der Waals surface area contributed by atoms with Gasteiger partial charge in [0.1, 0.15) is 45.7 Å². The first-order chi connectivity index (χ1) is 32.0. The third kappa shape index (κ3) is 15.1. The summed E-state index contributed by atoms with van der Waals surface area (Å²) in [6.07, 6.45) is 7.35. The minimum Gasteiger partial charge on any atom is -0.744 e. The zero-order chi connectivity index (χ0) is 49.8. The Hall–Kier alpha value is -7.90. The SMILES string of the molecule is Cc1cc(C(=O)Nc2ccc(C(=O)Nc3ccc[n+](C)c3)cc2)c(C)cc1C(=O)Nc1ccc(C(=O)Nc2ccc[n+](C)c2)cc1.Cc1ccc(S(=O)(=O)[O-])cc1.Cc1ccc(S(=O)(=O)[O-])cc1. The van der Waals surface area contributed by atoms with Crippen LogP contribution < -0.4 is 30.4 Å². The molecule has 5 aromatic carbocycles. The molecule has 0 radical (unpaired) electrons. The molecule has 4 amide bonds. The van der Waals surface area contributed by atoms with Gasteiger partial charge in [-0.15, -0.1) is 0 Å². The predicted molar refractivity (Wildman–Crippen MR) is 254 cm³/mol. The van der Waals surface area contributed by atoms with Crippen molar-refractivity contribution in [1.82, 2.24) is 0 Å². The van der Waals surface area contributed by atoms with E-state index in [4.69, 9.17) is 0 Å². The first-order valence-corrected chi connectivity index (χ1v) is 23.4. The van der Waals surface area contributed by atoms with E-state index in [0.717, 1.165) is 11.1 Å². The third-order valence-corrected chi connectivity index (χ3v) is 11.6. The Morgan fingerprint density at radius 2 is 0.735 bits per heavy atom. The summed E-state index contributed by atoms with van der Waals surface area (Å²) in [6.45, 7) is 7.17. The molecule has 0 aliphatic rings. The molecule has 0 spiro atoms. The minimum atomic E-state index is -4.27. The van der Waals surface area contributed by atoms with Gasteiger partial charge in [-0.1, -0.05) is 35.4 Å². The summed E-state index contributed by atoms with van der Waals surface area (Å²) >= 11 is 0. The highest BCUT2D eigenvalue weighted by molar-refractivity contribution is 7.86. The van der Waals surface area contributed by atoms with Crippen LogP contribution in [0.4, 0.5) is 22.7 Å². The van der Waals surface area contributed by atoms with E-state index in [0.29, 0.717) is 56.1 Å². The Kier molecular flexibility index (Phi) is 16.9. The molecule has 0 atom stereocenters. The Morgan fingerprint density at radius 1 is 0.426 bits per heavy atom. The van der Waals surface area contributed by atoms with Crippen LogP contribution in [0, 0.1) is 27.7 Å². The van der Waals surface area contributed by atoms with Crippen molar-refractivity contribution in [2.75, 3.05) is 21.3 Å². The number of benzene rings is 5. The molecule has 68 heavy (non-hydrogen) atoms. The van der Waals surface area contributed by atoms with E-state index in [1.54, 1.807) is 123 Å². The number of nitrogens with one attached hydrogen (secondary N) is 4. The topological polar surface area (TPSA) is 239 Å². The first-order valence-electron chi connectivity index (χ1n) is 20.6. The van der Waals surface area contributed by atoms with Crippen molar-refractivity contribution in [2.45, 2.75) is 37.5 Å². The number of pyridine rings is 2. The van der Waals surface area contributed by atoms with Crippen LogP contribution in [0.5, 0.6) is 0 Å². The number of carbonyl (C=O) groups is 4. The Balaban J connectivity index is 0.000000319. The second-order valence-corrected chi connectivity index (χ2v) is 18.3. The molecule has 2 heterocycles. The van der Waals surface area contributed by atoms with E-state index >= 15 is 0 Å². The summed E-state index contributed by atoms with van der Waals surface area (Å²) in [5.41, 5.74) is 7.27. The van der Waals surface area contributed by atoms with Gasteiger partial charge in [-0.3, -0.25) is 19.2 Å². The van der Waals surface area contributed by atoms with Crippen LogP contribution in [0.15, 0.2) is 168 Å². The summed E-state index contributed by atoms with van der Waals surface area (Å²) in [5.74, 6) is -1.19. The van der Waals surface area contributed by atoms with E-state index in [1.807, 2.05) is 61.6 Å². The maximum Gasteiger partial charge on any atom is 0.255 e. The molecule has 0 saturated carbocycles. The van der Waals surface area contributed by atoms with Crippen molar-refractivity contribution in [3.8, 4) is 0 Å². The van der Waals surface area contributed by atoms with Gasteiger partial charge in [-0.25, -0.2) is 26.0 Å². The molecular weight excluding hydrogens is 909 g/mol. The largest absolute Gasteiger partial charge is 0.744 e. The second kappa shape index (κ2) is 22.5. The lowest BCUT2D eigenvalue weighted by atomic mass is 9.98. The van der Waals surface area contributed by atoms with E-state index in [2.05, 4.69) is 21.3 Å². The van der Waals surface area contributed by atoms with Gasteiger partial charge in [-0.05, 0) is 136 Å². The number of nitrogens with zero attached hydrogens (tertiary/aromatic N) is 2. The molecule has 0 unspecified atom stereocenters. The summed E-state index contributed by atoms with van der Waals surface area (Å²) in [5, 5.41) is 11.4. The summed E-state index contributed by atoms with van der Waals surface area (Å²) in [6, 6.07) is 35.4. The fourth-order valence-electron chi connectivity index (χ4n) is 6.25. The molecule has 0 fully saturated rings. The van der Waals surface area contributed by atoms with Gasteiger partial charge in [0.2, 0.25) is 0 Å². The highest BCUT2D eigenvalue weighted by Gasteiger charge is 2.18. The van der Waals surface area contributed by atoms with Gasteiger partial charge >= 0.3 is 0 Å². The molecule has 0 aliphatic carbocycles. The second-order valence-electron chi connectivity index (χ2n) is 15.5. The first kappa shape index (κ1) is 51.1. The van der Waals surface area contributed by atoms with E-state index < -0.39 is 20.2 Å². The lowest BCUT2D eigenvalue weighted by Crippen LogP contribution is -2.27. The molecule has 350 valence electrons. The molecule has 16 nitrogen and oxygen atoms in total. The fourth-order valence-corrected chi connectivity index (χ4v) is 7.19. The standard InChI is InChI=1S/C36H32N6O4.2C7H8O3S/c1-23-19-32(36(46)38-28-15-11-26(12-16-28)34(44)40-30-8-6-18-42(4)22-30)24(2)20-31(23)35(45)37-27-13-9-25(10-14-27)33(43)39-29-7-5-17-41(3)21-29;2*1-6-2-4-7(5-3-6)11(8,9)10/h5-22H,1-4H3,(H2-2,37,38,39,40,43,44,45,46);2*2-5H,1H3,(H,8,9,10). The molecule has 0 aliphatic heterocycles. The predicted octanol–water partition coefficient (Wildman–Crippen LogP) is 6.76. The van der Waals surface area contributed by atoms with E-state index in [-0.39, 0.29) is 33.4 Å². The molecule has 18 heteroatoms. The van der Waals surface area contributed by atoms with Crippen molar-refractivity contribution in [1.29, 1.82) is 0 Å². The normalized spacial score (nSPS) is 10.8. The highest BCUT2D eigenvalue weighted by atomic mass is 32.2. The Morgan fingerprint density at radius 3 is 1.03 bits per heavy atom. The highest BCUT2D eigenvalue weighted by Crippen LogP contribution is 2.21. The summed E-state index contributed by atoms with van der Waals surface area (Å²) in [7, 11) is -4.80.